The van der Waals surface area contributed by atoms with Gasteiger partial charge in [-0.05, 0) is 48.7 Å². The summed E-state index contributed by atoms with van der Waals surface area (Å²) in [7, 11) is 4.73. The Kier molecular flexibility index (Phi) is 7.82. The van der Waals surface area contributed by atoms with Crippen molar-refractivity contribution in [3.05, 3.63) is 52.5 Å². The van der Waals surface area contributed by atoms with Crippen molar-refractivity contribution < 1.29 is 19.0 Å². The minimum absolute atomic E-state index is 0.0386. The first-order chi connectivity index (χ1) is 14.5. The fourth-order valence-corrected chi connectivity index (χ4v) is 4.05. The molecule has 3 rings (SSSR count). The number of halogens is 1. The highest BCUT2D eigenvalue weighted by Crippen LogP contribution is 2.38. The second kappa shape index (κ2) is 10.5. The molecule has 0 aliphatic carbocycles. The Morgan fingerprint density at radius 2 is 1.83 bits per heavy atom. The minimum Gasteiger partial charge on any atom is -0.493 e. The van der Waals surface area contributed by atoms with Crippen molar-refractivity contribution in [2.45, 2.75) is 25.9 Å². The van der Waals surface area contributed by atoms with Gasteiger partial charge in [0, 0.05) is 24.7 Å². The SMILES string of the molecule is COc1cc(CNC(=O)C2CCCN(Cc3ccccc3Cl)C2)cc(OC)c1OC. The van der Waals surface area contributed by atoms with Crippen LogP contribution >= 0.6 is 11.6 Å². The van der Waals surface area contributed by atoms with E-state index in [2.05, 4.69) is 10.2 Å². The van der Waals surface area contributed by atoms with Gasteiger partial charge in [-0.3, -0.25) is 9.69 Å². The quantitative estimate of drug-likeness (QED) is 0.685. The van der Waals surface area contributed by atoms with Gasteiger partial charge < -0.3 is 19.5 Å². The molecule has 1 aliphatic rings. The van der Waals surface area contributed by atoms with Crippen LogP contribution < -0.4 is 19.5 Å². The molecule has 2 aromatic rings. The molecule has 2 aromatic carbocycles. The highest BCUT2D eigenvalue weighted by molar-refractivity contribution is 6.31. The van der Waals surface area contributed by atoms with Crippen molar-refractivity contribution in [2.75, 3.05) is 34.4 Å². The minimum atomic E-state index is -0.0386. The number of nitrogens with one attached hydrogen (secondary N) is 1. The molecule has 0 spiro atoms. The fraction of sp³-hybridized carbons (Fsp3) is 0.435. The second-order valence-electron chi connectivity index (χ2n) is 7.42. The van der Waals surface area contributed by atoms with Gasteiger partial charge in [-0.25, -0.2) is 0 Å². The van der Waals surface area contributed by atoms with Gasteiger partial charge in [0.25, 0.3) is 0 Å². The van der Waals surface area contributed by atoms with E-state index in [-0.39, 0.29) is 11.8 Å². The van der Waals surface area contributed by atoms with Crippen LogP contribution in [0.4, 0.5) is 0 Å². The number of piperidine rings is 1. The zero-order valence-corrected chi connectivity index (χ0v) is 18.5. The number of carbonyl (C=O) groups excluding carboxylic acids is 1. The molecular weight excluding hydrogens is 404 g/mol. The van der Waals surface area contributed by atoms with Crippen LogP contribution in [0.15, 0.2) is 36.4 Å². The number of rotatable bonds is 8. The maximum atomic E-state index is 12.8. The van der Waals surface area contributed by atoms with Crippen molar-refractivity contribution in [3.63, 3.8) is 0 Å². The summed E-state index contributed by atoms with van der Waals surface area (Å²) >= 11 is 6.30. The number of hydrogen-bond acceptors (Lipinski definition) is 5. The molecule has 162 valence electrons. The first-order valence-electron chi connectivity index (χ1n) is 10.1. The molecule has 0 aromatic heterocycles. The number of ether oxygens (including phenoxy) is 3. The number of benzene rings is 2. The van der Waals surface area contributed by atoms with E-state index in [1.807, 2.05) is 36.4 Å². The zero-order valence-electron chi connectivity index (χ0n) is 17.7. The molecule has 0 bridgehead atoms. The summed E-state index contributed by atoms with van der Waals surface area (Å²) in [6.45, 7) is 2.86. The molecule has 1 amide bonds. The van der Waals surface area contributed by atoms with Gasteiger partial charge in [0.2, 0.25) is 11.7 Å². The molecule has 1 saturated heterocycles. The van der Waals surface area contributed by atoms with Gasteiger partial charge in [0.1, 0.15) is 0 Å². The first kappa shape index (κ1) is 22.2. The lowest BCUT2D eigenvalue weighted by molar-refractivity contribution is -0.126. The molecule has 1 unspecified atom stereocenters. The van der Waals surface area contributed by atoms with Gasteiger partial charge >= 0.3 is 0 Å². The second-order valence-corrected chi connectivity index (χ2v) is 7.82. The Bertz CT molecular complexity index is 849. The van der Waals surface area contributed by atoms with Crippen LogP contribution in [-0.2, 0) is 17.9 Å². The average molecular weight is 433 g/mol. The number of hydrogen-bond donors (Lipinski definition) is 1. The molecule has 1 N–H and O–H groups in total. The van der Waals surface area contributed by atoms with E-state index < -0.39 is 0 Å². The van der Waals surface area contributed by atoms with E-state index in [4.69, 9.17) is 25.8 Å². The van der Waals surface area contributed by atoms with Crippen LogP contribution in [0.5, 0.6) is 17.2 Å². The standard InChI is InChI=1S/C23H29ClN2O4/c1-28-20-11-16(12-21(29-2)22(20)30-3)13-25-23(27)18-8-6-10-26(15-18)14-17-7-4-5-9-19(17)24/h4-5,7,9,11-12,18H,6,8,10,13-15H2,1-3H3,(H,25,27). The molecule has 1 atom stereocenters. The molecule has 1 heterocycles. The fourth-order valence-electron chi connectivity index (χ4n) is 3.85. The highest BCUT2D eigenvalue weighted by atomic mass is 35.5. The van der Waals surface area contributed by atoms with E-state index in [1.54, 1.807) is 21.3 Å². The van der Waals surface area contributed by atoms with E-state index in [0.717, 1.165) is 48.6 Å². The van der Waals surface area contributed by atoms with Crippen LogP contribution in [0.1, 0.15) is 24.0 Å². The van der Waals surface area contributed by atoms with Crippen molar-refractivity contribution in [2.24, 2.45) is 5.92 Å². The molecule has 0 radical (unpaired) electrons. The average Bonchev–Trinajstić information content (AvgIpc) is 2.78. The summed E-state index contributed by atoms with van der Waals surface area (Å²) in [4.78, 5) is 15.1. The normalized spacial score (nSPS) is 16.7. The van der Waals surface area contributed by atoms with E-state index >= 15 is 0 Å². The topological polar surface area (TPSA) is 60.0 Å². The predicted molar refractivity (Wildman–Crippen MR) is 117 cm³/mol. The maximum Gasteiger partial charge on any atom is 0.224 e. The lowest BCUT2D eigenvalue weighted by atomic mass is 9.96. The third kappa shape index (κ3) is 5.37. The Morgan fingerprint density at radius 1 is 1.13 bits per heavy atom. The van der Waals surface area contributed by atoms with Crippen molar-refractivity contribution >= 4 is 17.5 Å². The molecule has 7 heteroatoms. The third-order valence-corrected chi connectivity index (χ3v) is 5.79. The molecule has 1 aliphatic heterocycles. The smallest absolute Gasteiger partial charge is 0.224 e. The highest BCUT2D eigenvalue weighted by Gasteiger charge is 2.26. The van der Waals surface area contributed by atoms with Crippen LogP contribution in [0.2, 0.25) is 5.02 Å². The Hall–Kier alpha value is -2.44. The third-order valence-electron chi connectivity index (χ3n) is 5.42. The summed E-state index contributed by atoms with van der Waals surface area (Å²) in [6.07, 6.45) is 1.88. The number of methoxy groups -OCH3 is 3. The summed E-state index contributed by atoms with van der Waals surface area (Å²) < 4.78 is 16.1. The van der Waals surface area contributed by atoms with Gasteiger partial charge in [0.15, 0.2) is 11.5 Å². The summed E-state index contributed by atoms with van der Waals surface area (Å²) in [5.41, 5.74) is 1.99. The molecule has 1 fully saturated rings. The predicted octanol–water partition coefficient (Wildman–Crippen LogP) is 3.89. The summed E-state index contributed by atoms with van der Waals surface area (Å²) in [6, 6.07) is 11.6. The lowest BCUT2D eigenvalue weighted by Gasteiger charge is -2.32. The molecular formula is C23H29ClN2O4. The lowest BCUT2D eigenvalue weighted by Crippen LogP contribution is -2.42. The number of nitrogens with zero attached hydrogens (tertiary/aromatic N) is 1. The molecule has 30 heavy (non-hydrogen) atoms. The van der Waals surface area contributed by atoms with E-state index in [9.17, 15) is 4.79 Å². The number of carbonyl (C=O) groups is 1. The van der Waals surface area contributed by atoms with Gasteiger partial charge in [-0.2, -0.15) is 0 Å². The molecule has 0 saturated carbocycles. The van der Waals surface area contributed by atoms with Gasteiger partial charge in [-0.15, -0.1) is 0 Å². The van der Waals surface area contributed by atoms with Crippen molar-refractivity contribution in [3.8, 4) is 17.2 Å². The van der Waals surface area contributed by atoms with E-state index in [0.29, 0.717) is 23.8 Å². The molecule has 6 nitrogen and oxygen atoms in total. The Labute approximate surface area is 183 Å². The van der Waals surface area contributed by atoms with Crippen LogP contribution in [0, 0.1) is 5.92 Å². The maximum absolute atomic E-state index is 12.8. The van der Waals surface area contributed by atoms with Crippen LogP contribution in [0.3, 0.4) is 0 Å². The first-order valence-corrected chi connectivity index (χ1v) is 10.5. The van der Waals surface area contributed by atoms with Gasteiger partial charge in [-0.1, -0.05) is 29.8 Å². The van der Waals surface area contributed by atoms with Crippen molar-refractivity contribution in [1.29, 1.82) is 0 Å². The van der Waals surface area contributed by atoms with Crippen LogP contribution in [-0.4, -0.2) is 45.2 Å². The van der Waals surface area contributed by atoms with Gasteiger partial charge in [0.05, 0.1) is 27.2 Å². The monoisotopic (exact) mass is 432 g/mol. The Morgan fingerprint density at radius 3 is 2.47 bits per heavy atom. The zero-order chi connectivity index (χ0) is 21.5. The number of amides is 1. The number of likely N-dealkylation sites (tertiary alicyclic amines) is 1. The summed E-state index contributed by atoms with van der Waals surface area (Å²) in [5, 5.41) is 3.83. The van der Waals surface area contributed by atoms with E-state index in [1.165, 1.54) is 0 Å². The Balaban J connectivity index is 1.60. The van der Waals surface area contributed by atoms with Crippen molar-refractivity contribution in [1.82, 2.24) is 10.2 Å². The summed E-state index contributed by atoms with van der Waals surface area (Å²) in [5.74, 6) is 1.71. The van der Waals surface area contributed by atoms with Crippen LogP contribution in [0.25, 0.3) is 0 Å². The largest absolute Gasteiger partial charge is 0.493 e.